The lowest BCUT2D eigenvalue weighted by atomic mass is 10.2. The number of ether oxygens (including phenoxy) is 1. The lowest BCUT2D eigenvalue weighted by Crippen LogP contribution is -2.26. The van der Waals surface area contributed by atoms with E-state index in [9.17, 15) is 13.2 Å². The van der Waals surface area contributed by atoms with Crippen molar-refractivity contribution in [2.24, 2.45) is 0 Å². The maximum atomic E-state index is 12.4. The standard InChI is InChI=1S/C18H19NO4S/c20-18(17-10-5-11-23-17)19-15-7-4-6-14(12-15)13-24(21,22)16-8-2-1-3-9-16/h1-4,6-9,12,17H,5,10-11,13H2,(H,19,20). The van der Waals surface area contributed by atoms with Crippen LogP contribution in [0, 0.1) is 0 Å². The fourth-order valence-electron chi connectivity index (χ4n) is 2.68. The highest BCUT2D eigenvalue weighted by Gasteiger charge is 2.23. The van der Waals surface area contributed by atoms with Gasteiger partial charge in [-0.1, -0.05) is 30.3 Å². The molecule has 3 rings (SSSR count). The van der Waals surface area contributed by atoms with Crippen LogP contribution in [0.5, 0.6) is 0 Å². The van der Waals surface area contributed by atoms with Crippen LogP contribution in [0.3, 0.4) is 0 Å². The number of amides is 1. The van der Waals surface area contributed by atoms with Crippen molar-refractivity contribution >= 4 is 21.4 Å². The summed E-state index contributed by atoms with van der Waals surface area (Å²) in [6.45, 7) is 0.605. The van der Waals surface area contributed by atoms with Crippen molar-refractivity contribution in [1.82, 2.24) is 0 Å². The van der Waals surface area contributed by atoms with Gasteiger partial charge in [0.25, 0.3) is 5.91 Å². The Morgan fingerprint density at radius 2 is 1.92 bits per heavy atom. The molecule has 1 fully saturated rings. The summed E-state index contributed by atoms with van der Waals surface area (Å²) < 4.78 is 30.2. The van der Waals surface area contributed by atoms with Crippen LogP contribution in [-0.2, 0) is 25.1 Å². The maximum Gasteiger partial charge on any atom is 0.253 e. The van der Waals surface area contributed by atoms with Crippen LogP contribution in [0.1, 0.15) is 18.4 Å². The van der Waals surface area contributed by atoms with Crippen LogP contribution in [0.2, 0.25) is 0 Å². The third kappa shape index (κ3) is 4.01. The highest BCUT2D eigenvalue weighted by Crippen LogP contribution is 2.20. The molecule has 1 aliphatic rings. The summed E-state index contributed by atoms with van der Waals surface area (Å²) >= 11 is 0. The van der Waals surface area contributed by atoms with Crippen molar-refractivity contribution in [3.8, 4) is 0 Å². The number of benzene rings is 2. The third-order valence-electron chi connectivity index (χ3n) is 3.88. The Morgan fingerprint density at radius 1 is 1.12 bits per heavy atom. The van der Waals surface area contributed by atoms with E-state index >= 15 is 0 Å². The number of sulfone groups is 1. The van der Waals surface area contributed by atoms with Gasteiger partial charge in [-0.05, 0) is 42.7 Å². The largest absolute Gasteiger partial charge is 0.368 e. The van der Waals surface area contributed by atoms with E-state index < -0.39 is 15.9 Å². The highest BCUT2D eigenvalue weighted by molar-refractivity contribution is 7.90. The van der Waals surface area contributed by atoms with Crippen LogP contribution < -0.4 is 5.32 Å². The van der Waals surface area contributed by atoms with Gasteiger partial charge < -0.3 is 10.1 Å². The predicted molar refractivity (Wildman–Crippen MR) is 91.4 cm³/mol. The first-order valence-corrected chi connectivity index (χ1v) is 9.49. The molecule has 6 heteroatoms. The Kier molecular flexibility index (Phi) is 4.97. The minimum absolute atomic E-state index is 0.110. The molecule has 1 aliphatic heterocycles. The number of rotatable bonds is 5. The maximum absolute atomic E-state index is 12.4. The molecule has 2 aromatic carbocycles. The lowest BCUT2D eigenvalue weighted by molar-refractivity contribution is -0.124. The van der Waals surface area contributed by atoms with Gasteiger partial charge in [0.05, 0.1) is 10.6 Å². The molecule has 1 N–H and O–H groups in total. The molecule has 0 aliphatic carbocycles. The molecule has 1 unspecified atom stereocenters. The predicted octanol–water partition coefficient (Wildman–Crippen LogP) is 2.78. The summed E-state index contributed by atoms with van der Waals surface area (Å²) in [7, 11) is -3.41. The van der Waals surface area contributed by atoms with Gasteiger partial charge in [0.15, 0.2) is 9.84 Å². The first-order chi connectivity index (χ1) is 11.5. The van der Waals surface area contributed by atoms with Crippen molar-refractivity contribution in [1.29, 1.82) is 0 Å². The van der Waals surface area contributed by atoms with E-state index in [4.69, 9.17) is 4.74 Å². The average Bonchev–Trinajstić information content (AvgIpc) is 3.10. The van der Waals surface area contributed by atoms with E-state index in [1.807, 2.05) is 0 Å². The van der Waals surface area contributed by atoms with Gasteiger partial charge >= 0.3 is 0 Å². The van der Waals surface area contributed by atoms with Gasteiger partial charge in [-0.2, -0.15) is 0 Å². The van der Waals surface area contributed by atoms with E-state index in [1.165, 1.54) is 0 Å². The lowest BCUT2D eigenvalue weighted by Gasteiger charge is -2.11. The summed E-state index contributed by atoms with van der Waals surface area (Å²) in [5.41, 5.74) is 1.21. The minimum atomic E-state index is -3.41. The molecular formula is C18H19NO4S. The summed E-state index contributed by atoms with van der Waals surface area (Å²) in [4.78, 5) is 12.4. The zero-order chi connectivity index (χ0) is 17.0. The summed E-state index contributed by atoms with van der Waals surface area (Å²) in [5, 5.41) is 2.79. The monoisotopic (exact) mass is 345 g/mol. The van der Waals surface area contributed by atoms with E-state index in [0.29, 0.717) is 29.2 Å². The zero-order valence-electron chi connectivity index (χ0n) is 13.1. The Labute approximate surface area is 141 Å². The zero-order valence-corrected chi connectivity index (χ0v) is 14.0. The molecule has 1 heterocycles. The molecule has 0 aromatic heterocycles. The first-order valence-electron chi connectivity index (χ1n) is 7.84. The highest BCUT2D eigenvalue weighted by atomic mass is 32.2. The Balaban J connectivity index is 1.72. The Morgan fingerprint density at radius 3 is 2.62 bits per heavy atom. The van der Waals surface area contributed by atoms with Crippen molar-refractivity contribution in [2.75, 3.05) is 11.9 Å². The van der Waals surface area contributed by atoms with Crippen LogP contribution in [0.25, 0.3) is 0 Å². The SMILES string of the molecule is O=C(Nc1cccc(CS(=O)(=O)c2ccccc2)c1)C1CCCO1. The van der Waals surface area contributed by atoms with Gasteiger partial charge in [-0.15, -0.1) is 0 Å². The van der Waals surface area contributed by atoms with Crippen LogP contribution in [-0.4, -0.2) is 27.0 Å². The Bertz CT molecular complexity index is 812. The normalized spacial score (nSPS) is 17.6. The molecule has 0 bridgehead atoms. The molecule has 126 valence electrons. The number of nitrogens with one attached hydrogen (secondary N) is 1. The molecule has 24 heavy (non-hydrogen) atoms. The Hall–Kier alpha value is -2.18. The minimum Gasteiger partial charge on any atom is -0.368 e. The summed E-state index contributed by atoms with van der Waals surface area (Å²) in [6.07, 6.45) is 1.18. The average molecular weight is 345 g/mol. The second-order valence-corrected chi connectivity index (χ2v) is 7.75. The summed E-state index contributed by atoms with van der Waals surface area (Å²) in [6, 6.07) is 15.2. The fraction of sp³-hybridized carbons (Fsp3) is 0.278. The van der Waals surface area contributed by atoms with Crippen molar-refractivity contribution in [3.05, 3.63) is 60.2 Å². The van der Waals surface area contributed by atoms with Gasteiger partial charge in [0.2, 0.25) is 0 Å². The molecule has 1 atom stereocenters. The van der Waals surface area contributed by atoms with E-state index in [-0.39, 0.29) is 11.7 Å². The van der Waals surface area contributed by atoms with E-state index in [1.54, 1.807) is 54.6 Å². The molecule has 5 nitrogen and oxygen atoms in total. The molecular weight excluding hydrogens is 326 g/mol. The number of carbonyl (C=O) groups excluding carboxylic acids is 1. The molecule has 1 amide bonds. The first kappa shape index (κ1) is 16.7. The number of hydrogen-bond donors (Lipinski definition) is 1. The van der Waals surface area contributed by atoms with Crippen LogP contribution in [0.15, 0.2) is 59.5 Å². The quantitative estimate of drug-likeness (QED) is 0.904. The number of anilines is 1. The topological polar surface area (TPSA) is 72.5 Å². The molecule has 2 aromatic rings. The van der Waals surface area contributed by atoms with Crippen molar-refractivity contribution < 1.29 is 17.9 Å². The molecule has 0 radical (unpaired) electrons. The number of hydrogen-bond acceptors (Lipinski definition) is 4. The smallest absolute Gasteiger partial charge is 0.253 e. The number of carbonyl (C=O) groups is 1. The second-order valence-electron chi connectivity index (χ2n) is 5.76. The molecule has 0 saturated carbocycles. The molecule has 0 spiro atoms. The van der Waals surface area contributed by atoms with Gasteiger partial charge in [0, 0.05) is 12.3 Å². The van der Waals surface area contributed by atoms with Crippen molar-refractivity contribution in [3.63, 3.8) is 0 Å². The van der Waals surface area contributed by atoms with Gasteiger partial charge in [0.1, 0.15) is 6.10 Å². The fourth-order valence-corrected chi connectivity index (χ4v) is 4.03. The van der Waals surface area contributed by atoms with Gasteiger partial charge in [-0.25, -0.2) is 8.42 Å². The second kappa shape index (κ2) is 7.15. The molecule has 1 saturated heterocycles. The summed E-state index contributed by atoms with van der Waals surface area (Å²) in [5.74, 6) is -0.295. The van der Waals surface area contributed by atoms with E-state index in [0.717, 1.165) is 6.42 Å². The van der Waals surface area contributed by atoms with Crippen molar-refractivity contribution in [2.45, 2.75) is 29.6 Å². The van der Waals surface area contributed by atoms with Crippen LogP contribution in [0.4, 0.5) is 5.69 Å². The van der Waals surface area contributed by atoms with Crippen LogP contribution >= 0.6 is 0 Å². The van der Waals surface area contributed by atoms with Gasteiger partial charge in [-0.3, -0.25) is 4.79 Å². The van der Waals surface area contributed by atoms with E-state index in [2.05, 4.69) is 5.32 Å². The third-order valence-corrected chi connectivity index (χ3v) is 5.58.